The molecule has 1 heterocycles. The molecule has 0 radical (unpaired) electrons. The molecule has 2 amide bonds. The third-order valence-corrected chi connectivity index (χ3v) is 6.81. The molecule has 3 rings (SSSR count). The Bertz CT molecular complexity index is 1020. The van der Waals surface area contributed by atoms with E-state index in [0.717, 1.165) is 11.1 Å². The Morgan fingerprint density at radius 2 is 1.90 bits per heavy atom. The molecule has 1 saturated heterocycles. The first-order chi connectivity index (χ1) is 14.3. The molecular weight excluding hydrogens is 430 g/mol. The van der Waals surface area contributed by atoms with Crippen LogP contribution in [0.5, 0.6) is 5.75 Å². The normalized spacial score (nSPS) is 14.9. The van der Waals surface area contributed by atoms with Gasteiger partial charge in [0.1, 0.15) is 5.75 Å². The van der Waals surface area contributed by atoms with Gasteiger partial charge in [0.15, 0.2) is 6.73 Å². The summed E-state index contributed by atoms with van der Waals surface area (Å²) >= 11 is 6.14. The van der Waals surface area contributed by atoms with Gasteiger partial charge >= 0.3 is 6.03 Å². The lowest BCUT2D eigenvalue weighted by atomic mass is 10.1. The molecule has 2 aromatic rings. The standard InChI is InChI=1S/C20H24ClN3O5S/c1-14-3-6-19(15(2)11-14)29-13-22-20(25)23-18-12-16(4-5-17(18)21)30(26,27)24-7-9-28-10-8-24/h3-6,11-12H,7-10,13H2,1-2H3,(H2,22,23,25). The Labute approximate surface area is 181 Å². The lowest BCUT2D eigenvalue weighted by molar-refractivity contribution is 0.0730. The number of rotatable bonds is 6. The quantitative estimate of drug-likeness (QED) is 0.655. The lowest BCUT2D eigenvalue weighted by Gasteiger charge is -2.26. The molecule has 2 N–H and O–H groups in total. The maximum absolute atomic E-state index is 12.8. The van der Waals surface area contributed by atoms with Crippen LogP contribution in [0.1, 0.15) is 11.1 Å². The smallest absolute Gasteiger partial charge is 0.321 e. The number of benzene rings is 2. The monoisotopic (exact) mass is 453 g/mol. The van der Waals surface area contributed by atoms with E-state index in [9.17, 15) is 13.2 Å². The molecule has 0 aromatic heterocycles. The topological polar surface area (TPSA) is 97.0 Å². The zero-order valence-electron chi connectivity index (χ0n) is 16.8. The van der Waals surface area contributed by atoms with Crippen molar-refractivity contribution in [1.29, 1.82) is 0 Å². The maximum Gasteiger partial charge on any atom is 0.321 e. The second kappa shape index (κ2) is 9.65. The van der Waals surface area contributed by atoms with Crippen LogP contribution in [0.15, 0.2) is 41.3 Å². The van der Waals surface area contributed by atoms with Crippen LogP contribution in [-0.4, -0.2) is 51.8 Å². The third-order valence-electron chi connectivity index (χ3n) is 4.58. The highest BCUT2D eigenvalue weighted by Gasteiger charge is 2.27. The summed E-state index contributed by atoms with van der Waals surface area (Å²) in [6, 6.07) is 9.37. The van der Waals surface area contributed by atoms with Crippen LogP contribution < -0.4 is 15.4 Å². The number of ether oxygens (including phenoxy) is 2. The average Bonchev–Trinajstić information content (AvgIpc) is 2.72. The van der Waals surface area contributed by atoms with Gasteiger partial charge in [-0.05, 0) is 43.7 Å². The number of hydrogen-bond donors (Lipinski definition) is 2. The SMILES string of the molecule is Cc1ccc(OCNC(=O)Nc2cc(S(=O)(=O)N3CCOCC3)ccc2Cl)c(C)c1. The third kappa shape index (κ3) is 5.42. The molecule has 30 heavy (non-hydrogen) atoms. The number of sulfonamides is 1. The Kier molecular flexibility index (Phi) is 7.19. The van der Waals surface area contributed by atoms with E-state index in [1.165, 1.54) is 22.5 Å². The van der Waals surface area contributed by atoms with Crippen molar-refractivity contribution < 1.29 is 22.7 Å². The fraction of sp³-hybridized carbons (Fsp3) is 0.350. The molecule has 1 fully saturated rings. The summed E-state index contributed by atoms with van der Waals surface area (Å²) in [4.78, 5) is 12.3. The predicted molar refractivity (Wildman–Crippen MR) is 115 cm³/mol. The van der Waals surface area contributed by atoms with Crippen molar-refractivity contribution in [2.45, 2.75) is 18.7 Å². The number of morpholine rings is 1. The van der Waals surface area contributed by atoms with Crippen molar-refractivity contribution in [3.8, 4) is 5.75 Å². The zero-order valence-corrected chi connectivity index (χ0v) is 18.3. The second-order valence-corrected chi connectivity index (χ2v) is 9.19. The first kappa shape index (κ1) is 22.4. The second-order valence-electron chi connectivity index (χ2n) is 6.85. The van der Waals surface area contributed by atoms with E-state index < -0.39 is 16.1 Å². The van der Waals surface area contributed by atoms with Crippen molar-refractivity contribution in [2.24, 2.45) is 0 Å². The van der Waals surface area contributed by atoms with Gasteiger partial charge in [-0.3, -0.25) is 0 Å². The number of nitrogens with zero attached hydrogens (tertiary/aromatic N) is 1. The van der Waals surface area contributed by atoms with Crippen LogP contribution in [0, 0.1) is 13.8 Å². The zero-order chi connectivity index (χ0) is 21.7. The summed E-state index contributed by atoms with van der Waals surface area (Å²) in [6.07, 6.45) is 0. The van der Waals surface area contributed by atoms with E-state index in [1.54, 1.807) is 0 Å². The number of halogens is 1. The van der Waals surface area contributed by atoms with Crippen LogP contribution in [0.4, 0.5) is 10.5 Å². The fourth-order valence-corrected chi connectivity index (χ4v) is 4.60. The van der Waals surface area contributed by atoms with Gasteiger partial charge in [0.2, 0.25) is 10.0 Å². The van der Waals surface area contributed by atoms with Gasteiger partial charge in [-0.2, -0.15) is 4.31 Å². The number of anilines is 1. The number of urea groups is 1. The molecular formula is C20H24ClN3O5S. The molecule has 1 aliphatic rings. The molecule has 0 aliphatic carbocycles. The van der Waals surface area contributed by atoms with E-state index >= 15 is 0 Å². The molecule has 8 nitrogen and oxygen atoms in total. The first-order valence-corrected chi connectivity index (χ1v) is 11.2. The van der Waals surface area contributed by atoms with E-state index in [1.807, 2.05) is 32.0 Å². The minimum atomic E-state index is -3.70. The Balaban J connectivity index is 1.63. The van der Waals surface area contributed by atoms with Crippen LogP contribution in [0.25, 0.3) is 0 Å². The van der Waals surface area contributed by atoms with E-state index in [-0.39, 0.29) is 35.4 Å². The molecule has 0 bridgehead atoms. The molecule has 0 spiro atoms. The van der Waals surface area contributed by atoms with Crippen LogP contribution >= 0.6 is 11.6 Å². The summed E-state index contributed by atoms with van der Waals surface area (Å²) in [7, 11) is -3.70. The van der Waals surface area contributed by atoms with E-state index in [0.29, 0.717) is 19.0 Å². The number of aryl methyl sites for hydroxylation is 2. The number of carbonyl (C=O) groups is 1. The van der Waals surface area contributed by atoms with E-state index in [4.69, 9.17) is 21.1 Å². The van der Waals surface area contributed by atoms with Gasteiger partial charge in [0.05, 0.1) is 28.8 Å². The number of hydrogen-bond acceptors (Lipinski definition) is 5. The van der Waals surface area contributed by atoms with Gasteiger partial charge in [0, 0.05) is 13.1 Å². The minimum Gasteiger partial charge on any atom is -0.473 e. The molecule has 0 atom stereocenters. The van der Waals surface area contributed by atoms with Gasteiger partial charge in [-0.15, -0.1) is 0 Å². The average molecular weight is 454 g/mol. The Hall–Kier alpha value is -2.33. The molecule has 0 unspecified atom stereocenters. The fourth-order valence-electron chi connectivity index (χ4n) is 3.00. The van der Waals surface area contributed by atoms with Gasteiger partial charge in [-0.25, -0.2) is 13.2 Å². The molecule has 0 saturated carbocycles. The number of carbonyl (C=O) groups excluding carboxylic acids is 1. The first-order valence-electron chi connectivity index (χ1n) is 9.40. The molecule has 162 valence electrons. The van der Waals surface area contributed by atoms with Crippen LogP contribution in [0.2, 0.25) is 5.02 Å². The number of amides is 2. The maximum atomic E-state index is 12.8. The highest BCUT2D eigenvalue weighted by atomic mass is 35.5. The van der Waals surface area contributed by atoms with Gasteiger partial charge < -0.3 is 20.1 Å². The molecule has 10 heteroatoms. The Morgan fingerprint density at radius 1 is 1.17 bits per heavy atom. The number of nitrogens with one attached hydrogen (secondary N) is 2. The van der Waals surface area contributed by atoms with Gasteiger partial charge in [0.25, 0.3) is 0 Å². The minimum absolute atomic E-state index is 0.0515. The molecule has 1 aliphatic heterocycles. The molecule has 2 aromatic carbocycles. The summed E-state index contributed by atoms with van der Waals surface area (Å²) in [6.45, 7) is 5.11. The van der Waals surface area contributed by atoms with Crippen LogP contribution in [0.3, 0.4) is 0 Å². The summed E-state index contributed by atoms with van der Waals surface area (Å²) in [5, 5.41) is 5.35. The van der Waals surface area contributed by atoms with Crippen molar-refractivity contribution in [2.75, 3.05) is 38.4 Å². The summed E-state index contributed by atoms with van der Waals surface area (Å²) < 4.78 is 37.7. The lowest BCUT2D eigenvalue weighted by Crippen LogP contribution is -2.40. The summed E-state index contributed by atoms with van der Waals surface area (Å²) in [5.74, 6) is 0.664. The summed E-state index contributed by atoms with van der Waals surface area (Å²) in [5.41, 5.74) is 2.27. The predicted octanol–water partition coefficient (Wildman–Crippen LogP) is 3.14. The van der Waals surface area contributed by atoms with Crippen molar-refractivity contribution in [3.63, 3.8) is 0 Å². The largest absolute Gasteiger partial charge is 0.473 e. The Morgan fingerprint density at radius 3 is 2.60 bits per heavy atom. The highest BCUT2D eigenvalue weighted by molar-refractivity contribution is 7.89. The van der Waals surface area contributed by atoms with Crippen molar-refractivity contribution in [3.05, 3.63) is 52.5 Å². The van der Waals surface area contributed by atoms with Crippen LogP contribution in [-0.2, 0) is 14.8 Å². The van der Waals surface area contributed by atoms with Crippen molar-refractivity contribution >= 4 is 33.3 Å². The van der Waals surface area contributed by atoms with Gasteiger partial charge in [-0.1, -0.05) is 29.3 Å². The van der Waals surface area contributed by atoms with E-state index in [2.05, 4.69) is 10.6 Å². The van der Waals surface area contributed by atoms with Crippen molar-refractivity contribution in [1.82, 2.24) is 9.62 Å². The highest BCUT2D eigenvalue weighted by Crippen LogP contribution is 2.27.